The fourth-order valence-corrected chi connectivity index (χ4v) is 6.07. The molecule has 0 bridgehead atoms. The lowest BCUT2D eigenvalue weighted by molar-refractivity contribution is 0.565. The number of rotatable bonds is 8. The summed E-state index contributed by atoms with van der Waals surface area (Å²) in [6, 6.07) is 26.0. The molecule has 3 heterocycles. The van der Waals surface area contributed by atoms with Crippen molar-refractivity contribution in [3.63, 3.8) is 0 Å². The van der Waals surface area contributed by atoms with Gasteiger partial charge in [-0.05, 0) is 112 Å². The van der Waals surface area contributed by atoms with Gasteiger partial charge in [0.15, 0.2) is 5.11 Å². The summed E-state index contributed by atoms with van der Waals surface area (Å²) in [5, 5.41) is 4.33. The highest BCUT2D eigenvalue weighted by molar-refractivity contribution is 7.80. The molecule has 0 unspecified atom stereocenters. The Balaban J connectivity index is 1.60. The van der Waals surface area contributed by atoms with E-state index in [1.807, 2.05) is 18.3 Å². The zero-order valence-electron chi connectivity index (χ0n) is 23.0. The van der Waals surface area contributed by atoms with Crippen molar-refractivity contribution < 1.29 is 0 Å². The average Bonchev–Trinajstić information content (AvgIpc) is 3.45. The summed E-state index contributed by atoms with van der Waals surface area (Å²) in [6.45, 7) is 13.0. The van der Waals surface area contributed by atoms with E-state index < -0.39 is 0 Å². The summed E-state index contributed by atoms with van der Waals surface area (Å²) in [5.74, 6) is 0. The maximum atomic E-state index is 5.95. The van der Waals surface area contributed by atoms with Crippen LogP contribution in [-0.2, 0) is 6.42 Å². The van der Waals surface area contributed by atoms with Gasteiger partial charge in [-0.25, -0.2) is 0 Å². The third-order valence-electron chi connectivity index (χ3n) is 7.75. The maximum Gasteiger partial charge on any atom is 0.174 e. The number of hydrogen-bond donors (Lipinski definition) is 1. The monoisotopic (exact) mass is 523 g/mol. The smallest absolute Gasteiger partial charge is 0.174 e. The van der Waals surface area contributed by atoms with E-state index in [0.29, 0.717) is 0 Å². The SMILES string of the molecule is CCc1ccc(N2C(=S)N[C@@H](c3ccccn3)[C@H]2c2cc(C)n(-c3ccc(N(CC)CC)cc3)c2C)cc1. The number of aryl methyl sites for hydroxylation is 2. The molecule has 0 saturated carbocycles. The van der Waals surface area contributed by atoms with Gasteiger partial charge < -0.3 is 19.7 Å². The molecule has 0 spiro atoms. The molecule has 4 aromatic rings. The quantitative estimate of drug-likeness (QED) is 0.250. The highest BCUT2D eigenvalue weighted by atomic mass is 32.1. The fraction of sp³-hybridized carbons (Fsp3) is 0.312. The van der Waals surface area contributed by atoms with Crippen LogP contribution in [0.25, 0.3) is 5.69 Å². The molecule has 1 fully saturated rings. The number of anilines is 2. The van der Waals surface area contributed by atoms with Crippen LogP contribution in [0.2, 0.25) is 0 Å². The molecule has 196 valence electrons. The Morgan fingerprint density at radius 1 is 0.895 bits per heavy atom. The Morgan fingerprint density at radius 2 is 1.58 bits per heavy atom. The minimum Gasteiger partial charge on any atom is -0.372 e. The second-order valence-electron chi connectivity index (χ2n) is 9.87. The van der Waals surface area contributed by atoms with E-state index in [1.54, 1.807) is 0 Å². The van der Waals surface area contributed by atoms with E-state index >= 15 is 0 Å². The van der Waals surface area contributed by atoms with Crippen molar-refractivity contribution in [2.45, 2.75) is 53.1 Å². The van der Waals surface area contributed by atoms with E-state index in [2.05, 4.69) is 115 Å². The van der Waals surface area contributed by atoms with Crippen molar-refractivity contribution in [1.29, 1.82) is 0 Å². The molecule has 1 N–H and O–H groups in total. The van der Waals surface area contributed by atoms with Gasteiger partial charge in [0.25, 0.3) is 0 Å². The summed E-state index contributed by atoms with van der Waals surface area (Å²) in [5.41, 5.74) is 9.48. The summed E-state index contributed by atoms with van der Waals surface area (Å²) in [4.78, 5) is 9.36. The Hall–Kier alpha value is -3.64. The van der Waals surface area contributed by atoms with E-state index in [0.717, 1.165) is 36.0 Å². The second kappa shape index (κ2) is 11.0. The van der Waals surface area contributed by atoms with Crippen LogP contribution in [0.3, 0.4) is 0 Å². The van der Waals surface area contributed by atoms with Crippen molar-refractivity contribution in [3.8, 4) is 5.69 Å². The summed E-state index contributed by atoms with van der Waals surface area (Å²) >= 11 is 5.95. The molecule has 5 nitrogen and oxygen atoms in total. The Bertz CT molecular complexity index is 1390. The van der Waals surface area contributed by atoms with Crippen LogP contribution >= 0.6 is 12.2 Å². The predicted molar refractivity (Wildman–Crippen MR) is 163 cm³/mol. The van der Waals surface area contributed by atoms with Crippen LogP contribution in [0, 0.1) is 13.8 Å². The molecule has 1 aliphatic heterocycles. The molecule has 5 rings (SSSR count). The van der Waals surface area contributed by atoms with E-state index in [-0.39, 0.29) is 12.1 Å². The van der Waals surface area contributed by atoms with Crippen LogP contribution < -0.4 is 15.1 Å². The lowest BCUT2D eigenvalue weighted by Gasteiger charge is -2.28. The van der Waals surface area contributed by atoms with Crippen molar-refractivity contribution in [1.82, 2.24) is 14.9 Å². The standard InChI is InChI=1S/C32H37N5S/c1-6-24-12-14-27(15-13-24)37-31(30(34-32(37)38)29-11-9-10-20-33-29)28-21-22(4)36(23(28)5)26-18-16-25(17-19-26)35(7-2)8-3/h9-21,30-31H,6-8H2,1-5H3,(H,34,38)/t30-,31+/m0/s1. The van der Waals surface area contributed by atoms with Crippen LogP contribution in [-0.4, -0.2) is 27.8 Å². The van der Waals surface area contributed by atoms with Gasteiger partial charge in [-0.2, -0.15) is 0 Å². The third-order valence-corrected chi connectivity index (χ3v) is 8.06. The zero-order chi connectivity index (χ0) is 26.8. The normalized spacial score (nSPS) is 17.1. The van der Waals surface area contributed by atoms with Gasteiger partial charge in [-0.15, -0.1) is 0 Å². The number of nitrogens with one attached hydrogen (secondary N) is 1. The van der Waals surface area contributed by atoms with Crippen LogP contribution in [0.1, 0.15) is 61.1 Å². The van der Waals surface area contributed by atoms with Crippen molar-refractivity contribution >= 4 is 28.7 Å². The topological polar surface area (TPSA) is 36.3 Å². The first-order chi connectivity index (χ1) is 18.5. The largest absolute Gasteiger partial charge is 0.372 e. The van der Waals surface area contributed by atoms with E-state index in [1.165, 1.54) is 33.9 Å². The highest BCUT2D eigenvalue weighted by Gasteiger charge is 2.42. The second-order valence-corrected chi connectivity index (χ2v) is 10.3. The first-order valence-electron chi connectivity index (χ1n) is 13.6. The Kier molecular flexibility index (Phi) is 7.52. The summed E-state index contributed by atoms with van der Waals surface area (Å²) in [6.07, 6.45) is 2.87. The molecule has 0 radical (unpaired) electrons. The third kappa shape index (κ3) is 4.69. The average molecular weight is 524 g/mol. The maximum absolute atomic E-state index is 5.95. The molecule has 1 saturated heterocycles. The minimum absolute atomic E-state index is 0.0280. The Labute approximate surface area is 232 Å². The number of thiocarbonyl (C=S) groups is 1. The van der Waals surface area contributed by atoms with Gasteiger partial charge in [-0.3, -0.25) is 4.98 Å². The molecule has 2 atom stereocenters. The van der Waals surface area contributed by atoms with E-state index in [4.69, 9.17) is 17.2 Å². The number of hydrogen-bond acceptors (Lipinski definition) is 3. The minimum atomic E-state index is -0.0615. The van der Waals surface area contributed by atoms with Crippen molar-refractivity contribution in [2.24, 2.45) is 0 Å². The van der Waals surface area contributed by atoms with Gasteiger partial charge in [0.2, 0.25) is 0 Å². The predicted octanol–water partition coefficient (Wildman–Crippen LogP) is 7.07. The summed E-state index contributed by atoms with van der Waals surface area (Å²) in [7, 11) is 0. The van der Waals surface area contributed by atoms with Gasteiger partial charge in [0.1, 0.15) is 0 Å². The van der Waals surface area contributed by atoms with Crippen LogP contribution in [0.4, 0.5) is 11.4 Å². The first kappa shape index (κ1) is 26.0. The fourth-order valence-electron chi connectivity index (χ4n) is 5.73. The van der Waals surface area contributed by atoms with Crippen LogP contribution in [0.5, 0.6) is 0 Å². The summed E-state index contributed by atoms with van der Waals surface area (Å²) < 4.78 is 2.36. The van der Waals surface area contributed by atoms with Crippen LogP contribution in [0.15, 0.2) is 79.0 Å². The molecular formula is C32H37N5S. The first-order valence-corrected chi connectivity index (χ1v) is 14.0. The molecule has 2 aromatic heterocycles. The van der Waals surface area contributed by atoms with Crippen molar-refractivity contribution in [2.75, 3.05) is 22.9 Å². The molecule has 6 heteroatoms. The molecule has 0 aliphatic carbocycles. The molecule has 0 amide bonds. The number of pyridine rings is 1. The lowest BCUT2D eigenvalue weighted by Crippen LogP contribution is -2.29. The molecule has 2 aromatic carbocycles. The van der Waals surface area contributed by atoms with Gasteiger partial charge in [0, 0.05) is 47.7 Å². The van der Waals surface area contributed by atoms with Gasteiger partial charge >= 0.3 is 0 Å². The molecule has 38 heavy (non-hydrogen) atoms. The lowest BCUT2D eigenvalue weighted by atomic mass is 9.96. The number of aromatic nitrogens is 2. The van der Waals surface area contributed by atoms with Gasteiger partial charge in [0.05, 0.1) is 17.8 Å². The zero-order valence-corrected chi connectivity index (χ0v) is 23.8. The van der Waals surface area contributed by atoms with Gasteiger partial charge in [-0.1, -0.05) is 25.1 Å². The number of nitrogens with zero attached hydrogens (tertiary/aromatic N) is 4. The molecular weight excluding hydrogens is 486 g/mol. The van der Waals surface area contributed by atoms with Crippen molar-refractivity contribution in [3.05, 3.63) is 107 Å². The highest BCUT2D eigenvalue weighted by Crippen LogP contribution is 2.43. The number of benzene rings is 2. The van der Waals surface area contributed by atoms with E-state index in [9.17, 15) is 0 Å². The Morgan fingerprint density at radius 3 is 2.18 bits per heavy atom. The molecule has 1 aliphatic rings.